The summed E-state index contributed by atoms with van der Waals surface area (Å²) in [6.45, 7) is 0. The number of esters is 1. The van der Waals surface area contributed by atoms with Gasteiger partial charge >= 0.3 is 5.97 Å². The molecule has 4 aromatic rings. The minimum atomic E-state index is -4.36. The number of nitrogens with zero attached hydrogens (tertiary/aromatic N) is 3. The first-order chi connectivity index (χ1) is 17.6. The average molecular weight is 619 g/mol. The largest absolute Gasteiger partial charge is 0.465 e. The number of ether oxygens (including phenoxy) is 1. The van der Waals surface area contributed by atoms with Crippen LogP contribution in [0.2, 0.25) is 10.0 Å². The highest BCUT2D eigenvalue weighted by molar-refractivity contribution is 9.10. The van der Waals surface area contributed by atoms with Crippen molar-refractivity contribution in [1.82, 2.24) is 3.97 Å². The van der Waals surface area contributed by atoms with Crippen LogP contribution in [0.1, 0.15) is 38.8 Å². The second-order valence-corrected chi connectivity index (χ2v) is 11.1. The van der Waals surface area contributed by atoms with Crippen LogP contribution in [0, 0.1) is 22.7 Å². The van der Waals surface area contributed by atoms with Crippen LogP contribution in [0.3, 0.4) is 0 Å². The van der Waals surface area contributed by atoms with Crippen LogP contribution in [-0.4, -0.2) is 30.6 Å². The first kappa shape index (κ1) is 26.7. The number of rotatable bonds is 5. The molecule has 4 rings (SSSR count). The van der Waals surface area contributed by atoms with E-state index in [1.165, 1.54) is 48.5 Å². The number of methoxy groups -OCH3 is 1. The number of halogens is 3. The number of hydrogen-bond acceptors (Lipinski definition) is 7. The quantitative estimate of drug-likeness (QED) is 0.289. The number of carbonyl (C=O) groups excluding carboxylic acids is 1. The fourth-order valence-corrected chi connectivity index (χ4v) is 6.64. The molecule has 1 heterocycles. The smallest absolute Gasteiger partial charge is 0.339 e. The van der Waals surface area contributed by atoms with Gasteiger partial charge in [0.1, 0.15) is 18.2 Å². The summed E-state index contributed by atoms with van der Waals surface area (Å²) in [5.74, 6) is -0.790. The molecule has 1 atom stereocenters. The Morgan fingerprint density at radius 3 is 2.32 bits per heavy atom. The van der Waals surface area contributed by atoms with Gasteiger partial charge in [0.25, 0.3) is 10.0 Å². The van der Waals surface area contributed by atoms with Gasteiger partial charge in [-0.2, -0.15) is 10.5 Å². The molecule has 0 saturated carbocycles. The van der Waals surface area contributed by atoms with Gasteiger partial charge in [-0.05, 0) is 52.3 Å². The molecule has 0 aliphatic heterocycles. The van der Waals surface area contributed by atoms with Gasteiger partial charge in [-0.15, -0.1) is 0 Å². The van der Waals surface area contributed by atoms with Gasteiger partial charge in [-0.25, -0.2) is 17.2 Å². The van der Waals surface area contributed by atoms with Crippen molar-refractivity contribution >= 4 is 66.0 Å². The molecule has 186 valence electrons. The van der Waals surface area contributed by atoms with Crippen LogP contribution >= 0.6 is 39.1 Å². The lowest BCUT2D eigenvalue weighted by Gasteiger charge is -2.19. The minimum absolute atomic E-state index is 0.00551. The Morgan fingerprint density at radius 1 is 1.08 bits per heavy atom. The summed E-state index contributed by atoms with van der Waals surface area (Å²) in [6.07, 6.45) is -1.77. The van der Waals surface area contributed by atoms with E-state index in [0.717, 1.165) is 11.1 Å². The third-order valence-corrected chi connectivity index (χ3v) is 8.75. The van der Waals surface area contributed by atoms with Gasteiger partial charge in [0.15, 0.2) is 0 Å². The molecule has 1 N–H and O–H groups in total. The van der Waals surface area contributed by atoms with Gasteiger partial charge in [-0.1, -0.05) is 41.4 Å². The third kappa shape index (κ3) is 4.37. The lowest BCUT2D eigenvalue weighted by atomic mass is 10.0. The standard InChI is InChI=1S/C25H14BrCl2N3O5S/c1-36-25(33)14-7-8-19(27)22(23(14)28)24(32)21-9-15-16(11-29)17(12-30)18(26)10-20(15)31(21)37(34,35)13-5-3-2-4-6-13/h2-10,24,32H,1H3. The molecule has 1 aromatic heterocycles. The Morgan fingerprint density at radius 2 is 1.73 bits per heavy atom. The van der Waals surface area contributed by atoms with E-state index in [-0.39, 0.29) is 58.3 Å². The molecule has 3 aromatic carbocycles. The van der Waals surface area contributed by atoms with Crippen LogP contribution in [0.15, 0.2) is 64.0 Å². The monoisotopic (exact) mass is 617 g/mol. The average Bonchev–Trinajstić information content (AvgIpc) is 3.27. The van der Waals surface area contributed by atoms with E-state index in [1.54, 1.807) is 6.07 Å². The molecule has 0 bridgehead atoms. The SMILES string of the molecule is COC(=O)c1ccc(Cl)c(C(O)c2cc3c(C#N)c(C#N)c(Br)cc3n2S(=O)(=O)c2ccccc2)c1Cl. The van der Waals surface area contributed by atoms with E-state index in [2.05, 4.69) is 15.9 Å². The Hall–Kier alpha value is -3.38. The summed E-state index contributed by atoms with van der Waals surface area (Å²) >= 11 is 16.0. The molecule has 0 amide bonds. The normalized spacial score (nSPS) is 12.1. The molecule has 1 unspecified atom stereocenters. The maximum absolute atomic E-state index is 13.9. The zero-order valence-corrected chi connectivity index (χ0v) is 22.7. The summed E-state index contributed by atoms with van der Waals surface area (Å²) in [5, 5.41) is 30.8. The van der Waals surface area contributed by atoms with Crippen LogP contribution in [-0.2, 0) is 14.8 Å². The molecule has 37 heavy (non-hydrogen) atoms. The maximum atomic E-state index is 13.9. The number of benzene rings is 3. The maximum Gasteiger partial charge on any atom is 0.339 e. The zero-order chi connectivity index (χ0) is 27.1. The Labute approximate surface area is 230 Å². The van der Waals surface area contributed by atoms with Crippen molar-refractivity contribution in [1.29, 1.82) is 10.5 Å². The molecule has 0 aliphatic rings. The fourth-order valence-electron chi connectivity index (χ4n) is 3.93. The minimum Gasteiger partial charge on any atom is -0.465 e. The third-order valence-electron chi connectivity index (χ3n) is 5.63. The first-order valence-electron chi connectivity index (χ1n) is 10.3. The van der Waals surface area contributed by atoms with Crippen molar-refractivity contribution < 1.29 is 23.1 Å². The van der Waals surface area contributed by atoms with E-state index in [0.29, 0.717) is 0 Å². The summed E-state index contributed by atoms with van der Waals surface area (Å²) in [5.41, 5.74) is -0.531. The number of carbonyl (C=O) groups is 1. The van der Waals surface area contributed by atoms with Gasteiger partial charge in [-0.3, -0.25) is 0 Å². The number of aromatic nitrogens is 1. The second kappa shape index (κ2) is 10.2. The van der Waals surface area contributed by atoms with Crippen molar-refractivity contribution in [2.75, 3.05) is 7.11 Å². The van der Waals surface area contributed by atoms with Crippen molar-refractivity contribution in [2.24, 2.45) is 0 Å². The highest BCUT2D eigenvalue weighted by Crippen LogP contribution is 2.41. The lowest BCUT2D eigenvalue weighted by Crippen LogP contribution is -2.19. The molecular weight excluding hydrogens is 605 g/mol. The first-order valence-corrected chi connectivity index (χ1v) is 13.3. The summed E-state index contributed by atoms with van der Waals surface area (Å²) < 4.78 is 33.5. The van der Waals surface area contributed by atoms with E-state index in [4.69, 9.17) is 27.9 Å². The molecule has 0 radical (unpaired) electrons. The summed E-state index contributed by atoms with van der Waals surface area (Å²) in [6, 6.07) is 16.6. The number of fused-ring (bicyclic) bond motifs is 1. The van der Waals surface area contributed by atoms with Crippen molar-refractivity contribution in [3.63, 3.8) is 0 Å². The molecule has 8 nitrogen and oxygen atoms in total. The number of hydrogen-bond donors (Lipinski definition) is 1. The van der Waals surface area contributed by atoms with Crippen LogP contribution in [0.5, 0.6) is 0 Å². The lowest BCUT2D eigenvalue weighted by molar-refractivity contribution is 0.0600. The molecule has 0 aliphatic carbocycles. The van der Waals surface area contributed by atoms with Gasteiger partial charge < -0.3 is 9.84 Å². The van der Waals surface area contributed by atoms with Crippen molar-refractivity contribution in [2.45, 2.75) is 11.0 Å². The molecule has 12 heteroatoms. The van der Waals surface area contributed by atoms with E-state index < -0.39 is 22.1 Å². The van der Waals surface area contributed by atoms with Gasteiger partial charge in [0.2, 0.25) is 0 Å². The van der Waals surface area contributed by atoms with E-state index >= 15 is 0 Å². The zero-order valence-electron chi connectivity index (χ0n) is 18.7. The predicted molar refractivity (Wildman–Crippen MR) is 140 cm³/mol. The van der Waals surface area contributed by atoms with Crippen molar-refractivity contribution in [3.8, 4) is 12.1 Å². The topological polar surface area (TPSA) is 133 Å². The van der Waals surface area contributed by atoms with Gasteiger partial charge in [0, 0.05) is 20.4 Å². The van der Waals surface area contributed by atoms with Crippen LogP contribution < -0.4 is 0 Å². The molecular formula is C25H14BrCl2N3O5S. The predicted octanol–water partition coefficient (Wildman–Crippen LogP) is 5.56. The molecule has 0 spiro atoms. The Balaban J connectivity index is 2.14. The van der Waals surface area contributed by atoms with Crippen molar-refractivity contribution in [3.05, 3.63) is 97.1 Å². The number of aliphatic hydroxyl groups excluding tert-OH is 1. The van der Waals surface area contributed by atoms with Crippen LogP contribution in [0.4, 0.5) is 0 Å². The van der Waals surface area contributed by atoms with E-state index in [1.807, 2.05) is 12.1 Å². The van der Waals surface area contributed by atoms with E-state index in [9.17, 15) is 28.8 Å². The Bertz CT molecular complexity index is 1770. The fraction of sp³-hybridized carbons (Fsp3) is 0.0800. The highest BCUT2D eigenvalue weighted by atomic mass is 79.9. The summed E-state index contributed by atoms with van der Waals surface area (Å²) in [7, 11) is -3.20. The number of aliphatic hydroxyl groups is 1. The van der Waals surface area contributed by atoms with Crippen LogP contribution in [0.25, 0.3) is 10.9 Å². The highest BCUT2D eigenvalue weighted by Gasteiger charge is 2.32. The van der Waals surface area contributed by atoms with Gasteiger partial charge in [0.05, 0.1) is 44.9 Å². The summed E-state index contributed by atoms with van der Waals surface area (Å²) in [4.78, 5) is 12.1. The second-order valence-electron chi connectivity index (χ2n) is 7.63. The molecule has 0 saturated heterocycles. The Kier molecular flexibility index (Phi) is 7.33. The number of nitriles is 2. The molecule has 0 fully saturated rings.